The standard InChI is InChI=1S/C29H44O9/c1-12-13(2)25(34)37-21(12)24(33)28(5,35)22-17(30)10-16-14-9-20-29(38-20)23(32)18(36-6)11-19(31)27(29,4)15(14)7-8-26(16,22)3/h12-18,20-24,30,32-33,35H,7-11H2,1-6H3/t12-,13-,14-,15+,16+,17+,18+,20-,21-,22-,23+,24-,26+,27+,28-,29+/m1/s1. The minimum Gasteiger partial charge on any atom is -0.459 e. The smallest absolute Gasteiger partial charge is 0.309 e. The summed E-state index contributed by atoms with van der Waals surface area (Å²) in [7, 11) is 1.52. The summed E-state index contributed by atoms with van der Waals surface area (Å²) < 4.78 is 17.2. The predicted octanol–water partition coefficient (Wildman–Crippen LogP) is 1.22. The molecule has 2 saturated heterocycles. The quantitative estimate of drug-likeness (QED) is 0.308. The summed E-state index contributed by atoms with van der Waals surface area (Å²) in [4.78, 5) is 25.9. The summed E-state index contributed by atoms with van der Waals surface area (Å²) in [5.74, 6) is -1.52. The van der Waals surface area contributed by atoms with E-state index >= 15 is 0 Å². The molecule has 0 unspecified atom stereocenters. The van der Waals surface area contributed by atoms with Crippen molar-refractivity contribution in [2.24, 2.45) is 46.3 Å². The van der Waals surface area contributed by atoms with E-state index < -0.39 is 58.5 Å². The number of aliphatic hydroxyl groups excluding tert-OH is 3. The molecule has 0 aromatic rings. The first-order valence-corrected chi connectivity index (χ1v) is 14.4. The number of hydrogen-bond acceptors (Lipinski definition) is 9. The zero-order valence-electron chi connectivity index (χ0n) is 23.3. The maximum absolute atomic E-state index is 13.7. The van der Waals surface area contributed by atoms with Gasteiger partial charge in [-0.05, 0) is 62.7 Å². The van der Waals surface area contributed by atoms with Crippen molar-refractivity contribution in [1.29, 1.82) is 0 Å². The van der Waals surface area contributed by atoms with Crippen LogP contribution in [0.2, 0.25) is 0 Å². The number of rotatable bonds is 4. The molecule has 16 atom stereocenters. The average molecular weight is 537 g/mol. The molecule has 38 heavy (non-hydrogen) atoms. The van der Waals surface area contributed by atoms with E-state index in [9.17, 15) is 30.0 Å². The summed E-state index contributed by atoms with van der Waals surface area (Å²) in [5.41, 5.74) is -3.96. The summed E-state index contributed by atoms with van der Waals surface area (Å²) >= 11 is 0. The van der Waals surface area contributed by atoms with Gasteiger partial charge >= 0.3 is 5.97 Å². The molecule has 2 aliphatic heterocycles. The first-order chi connectivity index (χ1) is 17.7. The van der Waals surface area contributed by atoms with Crippen LogP contribution in [0, 0.1) is 46.3 Å². The van der Waals surface area contributed by atoms with Crippen molar-refractivity contribution in [3.8, 4) is 0 Å². The third kappa shape index (κ3) is 3.04. The van der Waals surface area contributed by atoms with Crippen LogP contribution in [0.4, 0.5) is 0 Å². The third-order valence-corrected chi connectivity index (χ3v) is 12.8. The fourth-order valence-electron chi connectivity index (χ4n) is 10.5. The minimum atomic E-state index is -1.69. The summed E-state index contributed by atoms with van der Waals surface area (Å²) in [6.45, 7) is 9.23. The van der Waals surface area contributed by atoms with Crippen LogP contribution in [0.15, 0.2) is 0 Å². The van der Waals surface area contributed by atoms with Crippen molar-refractivity contribution in [3.05, 3.63) is 0 Å². The molecule has 6 rings (SSSR count). The summed E-state index contributed by atoms with van der Waals surface area (Å²) in [6, 6.07) is 0. The van der Waals surface area contributed by atoms with E-state index in [2.05, 4.69) is 6.92 Å². The molecule has 9 heteroatoms. The van der Waals surface area contributed by atoms with Crippen LogP contribution in [0.5, 0.6) is 0 Å². The van der Waals surface area contributed by atoms with Gasteiger partial charge in [0.1, 0.15) is 29.7 Å². The molecule has 1 spiro atoms. The molecule has 6 aliphatic rings. The van der Waals surface area contributed by atoms with E-state index in [4.69, 9.17) is 14.2 Å². The Kier molecular flexibility index (Phi) is 5.87. The van der Waals surface area contributed by atoms with E-state index in [1.54, 1.807) is 13.8 Å². The molecule has 2 heterocycles. The lowest BCUT2D eigenvalue weighted by Gasteiger charge is -2.60. The Hall–Kier alpha value is -1.10. The van der Waals surface area contributed by atoms with Gasteiger partial charge in [-0.2, -0.15) is 0 Å². The highest BCUT2D eigenvalue weighted by Gasteiger charge is 2.82. The second kappa shape index (κ2) is 8.23. The molecular formula is C29H44O9. The monoisotopic (exact) mass is 536 g/mol. The van der Waals surface area contributed by atoms with Crippen LogP contribution >= 0.6 is 0 Å². The van der Waals surface area contributed by atoms with E-state index in [-0.39, 0.29) is 53.9 Å². The Morgan fingerprint density at radius 1 is 1.13 bits per heavy atom. The van der Waals surface area contributed by atoms with Crippen molar-refractivity contribution in [1.82, 2.24) is 0 Å². The van der Waals surface area contributed by atoms with Crippen LogP contribution < -0.4 is 0 Å². The predicted molar refractivity (Wildman–Crippen MR) is 134 cm³/mol. The van der Waals surface area contributed by atoms with Gasteiger partial charge in [-0.1, -0.05) is 20.8 Å². The fourth-order valence-corrected chi connectivity index (χ4v) is 10.5. The Balaban J connectivity index is 1.31. The molecule has 9 nitrogen and oxygen atoms in total. The third-order valence-electron chi connectivity index (χ3n) is 12.8. The van der Waals surface area contributed by atoms with Gasteiger partial charge in [-0.3, -0.25) is 9.59 Å². The molecule has 4 N–H and O–H groups in total. The Morgan fingerprint density at radius 3 is 2.42 bits per heavy atom. The van der Waals surface area contributed by atoms with Gasteiger partial charge in [0.15, 0.2) is 0 Å². The number of ketones is 1. The largest absolute Gasteiger partial charge is 0.459 e. The number of aliphatic hydroxyl groups is 4. The molecule has 0 aromatic carbocycles. The molecule has 4 aliphatic carbocycles. The van der Waals surface area contributed by atoms with Gasteiger partial charge < -0.3 is 34.6 Å². The van der Waals surface area contributed by atoms with Crippen molar-refractivity contribution in [3.63, 3.8) is 0 Å². The first kappa shape index (κ1) is 27.1. The van der Waals surface area contributed by atoms with E-state index in [0.717, 1.165) is 0 Å². The van der Waals surface area contributed by atoms with Crippen molar-refractivity contribution in [2.75, 3.05) is 7.11 Å². The van der Waals surface area contributed by atoms with Gasteiger partial charge in [0.2, 0.25) is 0 Å². The van der Waals surface area contributed by atoms with Crippen molar-refractivity contribution in [2.45, 2.75) is 115 Å². The highest BCUT2D eigenvalue weighted by Crippen LogP contribution is 2.74. The number of fused-ring (bicyclic) bond motifs is 4. The number of hydrogen-bond donors (Lipinski definition) is 4. The lowest BCUT2D eigenvalue weighted by molar-refractivity contribution is -0.204. The average Bonchev–Trinajstić information content (AvgIpc) is 3.45. The molecule has 6 fully saturated rings. The molecule has 0 bridgehead atoms. The first-order valence-electron chi connectivity index (χ1n) is 14.4. The number of epoxide rings is 1. The molecule has 0 aromatic heterocycles. The zero-order chi connectivity index (χ0) is 27.7. The second-order valence-corrected chi connectivity index (χ2v) is 14.1. The number of Topliss-reactive ketones (excluding diaryl/α,β-unsaturated/α-hetero) is 1. The number of carbonyl (C=O) groups excluding carboxylic acids is 2. The van der Waals surface area contributed by atoms with Gasteiger partial charge in [0.05, 0.1) is 35.2 Å². The molecule has 0 radical (unpaired) electrons. The van der Waals surface area contributed by atoms with Gasteiger partial charge in [0.25, 0.3) is 0 Å². The molecule has 4 saturated carbocycles. The SMILES string of the molecule is CO[C@H]1CC(=O)[C@]2(C)[C@H]3CC[C@@]4(C)[C@@H](C[C@H](O)[C@H]4[C@@](C)(O)[C@H](O)[C@@H]4OC(=O)[C@H](C)[C@H]4C)[C@@H]3C[C@H]3O[C@]32[C@H]1O. The van der Waals surface area contributed by atoms with Crippen LogP contribution in [0.3, 0.4) is 0 Å². The number of carbonyl (C=O) groups is 2. The van der Waals surface area contributed by atoms with Crippen LogP contribution in [-0.2, 0) is 23.8 Å². The van der Waals surface area contributed by atoms with Crippen LogP contribution in [0.25, 0.3) is 0 Å². The van der Waals surface area contributed by atoms with Gasteiger partial charge in [-0.15, -0.1) is 0 Å². The maximum atomic E-state index is 13.7. The summed E-state index contributed by atoms with van der Waals surface area (Å²) in [6.07, 6.45) is -2.10. The van der Waals surface area contributed by atoms with Crippen LogP contribution in [-0.4, -0.2) is 87.1 Å². The molecular weight excluding hydrogens is 492 g/mol. The van der Waals surface area contributed by atoms with E-state index in [1.807, 2.05) is 13.8 Å². The lowest BCUT2D eigenvalue weighted by Crippen LogP contribution is -2.68. The van der Waals surface area contributed by atoms with E-state index in [0.29, 0.717) is 25.7 Å². The number of esters is 1. The number of ether oxygens (including phenoxy) is 3. The Bertz CT molecular complexity index is 1030. The maximum Gasteiger partial charge on any atom is 0.309 e. The van der Waals surface area contributed by atoms with Crippen molar-refractivity contribution >= 4 is 11.8 Å². The lowest BCUT2D eigenvalue weighted by atomic mass is 9.43. The van der Waals surface area contributed by atoms with Gasteiger partial charge in [0, 0.05) is 25.4 Å². The minimum absolute atomic E-state index is 0.00603. The second-order valence-electron chi connectivity index (χ2n) is 14.1. The van der Waals surface area contributed by atoms with E-state index in [1.165, 1.54) is 7.11 Å². The Morgan fingerprint density at radius 2 is 1.82 bits per heavy atom. The Labute approximate surface area is 224 Å². The van der Waals surface area contributed by atoms with Crippen LogP contribution in [0.1, 0.15) is 66.7 Å². The zero-order valence-corrected chi connectivity index (χ0v) is 23.3. The van der Waals surface area contributed by atoms with Gasteiger partial charge in [-0.25, -0.2) is 0 Å². The summed E-state index contributed by atoms with van der Waals surface area (Å²) in [5, 5.41) is 46.0. The number of cyclic esters (lactones) is 1. The van der Waals surface area contributed by atoms with Crippen molar-refractivity contribution < 1.29 is 44.2 Å². The number of methoxy groups -OCH3 is 1. The normalized spacial score (nSPS) is 57.7. The molecule has 0 amide bonds. The highest BCUT2D eigenvalue weighted by molar-refractivity contribution is 5.89. The topological polar surface area (TPSA) is 146 Å². The fraction of sp³-hybridized carbons (Fsp3) is 0.931. The highest BCUT2D eigenvalue weighted by atomic mass is 16.6. The molecule has 214 valence electrons.